The Morgan fingerprint density at radius 1 is 0.795 bits per heavy atom. The first-order valence-corrected chi connectivity index (χ1v) is 15.8. The maximum absolute atomic E-state index is 13.6. The summed E-state index contributed by atoms with van der Waals surface area (Å²) in [6, 6.07) is 33.5. The van der Waals surface area contributed by atoms with Crippen LogP contribution in [0.15, 0.2) is 131 Å². The van der Waals surface area contributed by atoms with Crippen molar-refractivity contribution in [3.8, 4) is 0 Å². The van der Waals surface area contributed by atoms with Gasteiger partial charge in [-0.25, -0.2) is 0 Å². The van der Waals surface area contributed by atoms with E-state index in [-0.39, 0.29) is 17.5 Å². The lowest BCUT2D eigenvalue weighted by atomic mass is 10.1. The van der Waals surface area contributed by atoms with E-state index in [1.165, 1.54) is 23.1 Å². The van der Waals surface area contributed by atoms with Crippen LogP contribution < -0.4 is 16.0 Å². The van der Waals surface area contributed by atoms with Crippen LogP contribution in [0.5, 0.6) is 0 Å². The van der Waals surface area contributed by atoms with Crippen molar-refractivity contribution < 1.29 is 14.4 Å². The summed E-state index contributed by atoms with van der Waals surface area (Å²) in [5.74, 6) is -0.992. The fourth-order valence-corrected chi connectivity index (χ4v) is 6.20. The molecule has 1 unspecified atom stereocenters. The molecule has 0 fully saturated rings. The molecule has 1 heterocycles. The molecule has 44 heavy (non-hydrogen) atoms. The first-order chi connectivity index (χ1) is 21.4. The highest BCUT2D eigenvalue weighted by Gasteiger charge is 2.23. The van der Waals surface area contributed by atoms with Crippen LogP contribution in [0.25, 0.3) is 6.08 Å². The lowest BCUT2D eigenvalue weighted by molar-refractivity contribution is -0.116. The van der Waals surface area contributed by atoms with Crippen molar-refractivity contribution in [2.45, 2.75) is 24.0 Å². The Balaban J connectivity index is 1.36. The molecule has 1 aromatic heterocycles. The van der Waals surface area contributed by atoms with Gasteiger partial charge in [0.25, 0.3) is 11.8 Å². The summed E-state index contributed by atoms with van der Waals surface area (Å²) in [6.07, 6.45) is 1.65. The van der Waals surface area contributed by atoms with Crippen molar-refractivity contribution in [3.63, 3.8) is 0 Å². The minimum Gasteiger partial charge on any atom is -0.325 e. The third kappa shape index (κ3) is 8.12. The van der Waals surface area contributed by atoms with E-state index in [1.54, 1.807) is 36.4 Å². The first kappa shape index (κ1) is 30.5. The summed E-state index contributed by atoms with van der Waals surface area (Å²) in [5.41, 5.74) is 5.65. The number of nitrogens with one attached hydrogen (secondary N) is 3. The first-order valence-electron chi connectivity index (χ1n) is 14.0. The minimum absolute atomic E-state index is 0.116. The van der Waals surface area contributed by atoms with Crippen molar-refractivity contribution in [2.75, 3.05) is 10.6 Å². The van der Waals surface area contributed by atoms with E-state index in [4.69, 9.17) is 0 Å². The van der Waals surface area contributed by atoms with E-state index in [2.05, 4.69) is 16.0 Å². The topological polar surface area (TPSA) is 87.3 Å². The molecule has 3 N–H and O–H groups in total. The molecule has 0 radical (unpaired) electrons. The van der Waals surface area contributed by atoms with E-state index in [1.807, 2.05) is 103 Å². The Bertz CT molecular complexity index is 1790. The SMILES string of the molecule is Cc1ccc(NC(=O)C(Sc2cccc(NC(=O)/C(=C/c3ccsc3)NC(=O)c3ccccc3)c2)c2ccccc2)c(C)c1. The van der Waals surface area contributed by atoms with E-state index >= 15 is 0 Å². The third-order valence-corrected chi connectivity index (χ3v) is 8.66. The van der Waals surface area contributed by atoms with Crippen molar-refractivity contribution >= 4 is 58.3 Å². The van der Waals surface area contributed by atoms with Gasteiger partial charge in [-0.05, 0) is 89.8 Å². The summed E-state index contributed by atoms with van der Waals surface area (Å²) < 4.78 is 0. The second-order valence-corrected chi connectivity index (χ2v) is 12.1. The average Bonchev–Trinajstić information content (AvgIpc) is 3.55. The number of hydrogen-bond donors (Lipinski definition) is 3. The Kier molecular flexibility index (Phi) is 10.1. The molecule has 0 aliphatic rings. The van der Waals surface area contributed by atoms with Crippen molar-refractivity contribution in [1.82, 2.24) is 5.32 Å². The number of carbonyl (C=O) groups is 3. The fraction of sp³-hybridized carbons (Fsp3) is 0.0833. The van der Waals surface area contributed by atoms with Gasteiger partial charge in [0, 0.05) is 21.8 Å². The van der Waals surface area contributed by atoms with Crippen molar-refractivity contribution in [3.05, 3.63) is 153 Å². The molecular weight excluding hydrogens is 587 g/mol. The fourth-order valence-electron chi connectivity index (χ4n) is 4.50. The average molecular weight is 618 g/mol. The molecule has 0 spiro atoms. The van der Waals surface area contributed by atoms with Crippen LogP contribution in [0.3, 0.4) is 0 Å². The summed E-state index contributed by atoms with van der Waals surface area (Å²) in [5, 5.41) is 12.0. The van der Waals surface area contributed by atoms with Gasteiger partial charge in [-0.3, -0.25) is 14.4 Å². The second-order valence-electron chi connectivity index (χ2n) is 10.1. The van der Waals surface area contributed by atoms with E-state index in [9.17, 15) is 14.4 Å². The summed E-state index contributed by atoms with van der Waals surface area (Å²) in [6.45, 7) is 3.99. The van der Waals surface area contributed by atoms with Crippen LogP contribution in [0.2, 0.25) is 0 Å². The third-order valence-electron chi connectivity index (χ3n) is 6.71. The van der Waals surface area contributed by atoms with Crippen LogP contribution in [-0.2, 0) is 9.59 Å². The lowest BCUT2D eigenvalue weighted by Gasteiger charge is -2.19. The molecule has 6 nitrogen and oxygen atoms in total. The summed E-state index contributed by atoms with van der Waals surface area (Å²) >= 11 is 2.89. The molecule has 0 saturated carbocycles. The molecule has 8 heteroatoms. The van der Waals surface area contributed by atoms with Gasteiger partial charge >= 0.3 is 0 Å². The van der Waals surface area contributed by atoms with Gasteiger partial charge < -0.3 is 16.0 Å². The molecule has 0 bridgehead atoms. The Morgan fingerprint density at radius 2 is 1.55 bits per heavy atom. The quantitative estimate of drug-likeness (QED) is 0.109. The summed E-state index contributed by atoms with van der Waals surface area (Å²) in [4.78, 5) is 40.8. The zero-order valence-corrected chi connectivity index (χ0v) is 25.9. The maximum atomic E-state index is 13.6. The number of benzene rings is 4. The highest BCUT2D eigenvalue weighted by molar-refractivity contribution is 8.00. The maximum Gasteiger partial charge on any atom is 0.272 e. The number of thioether (sulfide) groups is 1. The van der Waals surface area contributed by atoms with Gasteiger partial charge in [0.1, 0.15) is 10.9 Å². The number of thiophene rings is 1. The lowest BCUT2D eigenvalue weighted by Crippen LogP contribution is -2.30. The van der Waals surface area contributed by atoms with Gasteiger partial charge in [0.05, 0.1) is 0 Å². The molecule has 0 aliphatic carbocycles. The van der Waals surface area contributed by atoms with Crippen LogP contribution >= 0.6 is 23.1 Å². The highest BCUT2D eigenvalue weighted by atomic mass is 32.2. The Hall–Kier alpha value is -4.92. The number of aryl methyl sites for hydroxylation is 2. The monoisotopic (exact) mass is 617 g/mol. The largest absolute Gasteiger partial charge is 0.325 e. The zero-order valence-electron chi connectivity index (χ0n) is 24.2. The standard InChI is InChI=1S/C36H31N3O3S2/c1-24-16-17-31(25(2)20-24)38-36(42)33(27-10-5-3-6-11-27)44-30-15-9-14-29(22-30)37-35(41)32(21-26-18-19-43-23-26)39-34(40)28-12-7-4-8-13-28/h3-23,33H,1-2H3,(H,37,41)(H,38,42)(H,39,40)/b32-21-. The van der Waals surface area contributed by atoms with Gasteiger partial charge in [0.2, 0.25) is 5.91 Å². The highest BCUT2D eigenvalue weighted by Crippen LogP contribution is 2.37. The van der Waals surface area contributed by atoms with Crippen LogP contribution in [0.4, 0.5) is 11.4 Å². The number of carbonyl (C=O) groups excluding carboxylic acids is 3. The number of amides is 3. The number of hydrogen-bond acceptors (Lipinski definition) is 5. The van der Waals surface area contributed by atoms with E-state index in [0.717, 1.165) is 32.8 Å². The summed E-state index contributed by atoms with van der Waals surface area (Å²) in [7, 11) is 0. The van der Waals surface area contributed by atoms with Crippen molar-refractivity contribution in [2.24, 2.45) is 0 Å². The Labute approximate surface area is 265 Å². The zero-order chi connectivity index (χ0) is 30.9. The minimum atomic E-state index is -0.540. The molecule has 1 atom stereocenters. The molecule has 220 valence electrons. The van der Waals surface area contributed by atoms with Gasteiger partial charge in [-0.1, -0.05) is 72.3 Å². The van der Waals surface area contributed by atoms with Crippen LogP contribution in [0.1, 0.15) is 37.9 Å². The number of anilines is 2. The molecular formula is C36H31N3O3S2. The van der Waals surface area contributed by atoms with Crippen LogP contribution in [-0.4, -0.2) is 17.7 Å². The molecule has 5 aromatic rings. The predicted octanol–water partition coefficient (Wildman–Crippen LogP) is 8.25. The molecule has 0 aliphatic heterocycles. The van der Waals surface area contributed by atoms with E-state index in [0.29, 0.717) is 11.3 Å². The van der Waals surface area contributed by atoms with E-state index < -0.39 is 11.2 Å². The smallest absolute Gasteiger partial charge is 0.272 e. The molecule has 4 aromatic carbocycles. The van der Waals surface area contributed by atoms with Crippen LogP contribution in [0, 0.1) is 13.8 Å². The van der Waals surface area contributed by atoms with Gasteiger partial charge in [-0.2, -0.15) is 11.3 Å². The molecule has 0 saturated heterocycles. The molecule has 5 rings (SSSR count). The second kappa shape index (κ2) is 14.5. The van der Waals surface area contributed by atoms with Gasteiger partial charge in [0.15, 0.2) is 0 Å². The van der Waals surface area contributed by atoms with Crippen molar-refractivity contribution in [1.29, 1.82) is 0 Å². The molecule has 3 amide bonds. The number of rotatable bonds is 10. The Morgan fingerprint density at radius 3 is 2.25 bits per heavy atom. The van der Waals surface area contributed by atoms with Gasteiger partial charge in [-0.15, -0.1) is 11.8 Å². The predicted molar refractivity (Wildman–Crippen MR) is 181 cm³/mol. The normalized spacial score (nSPS) is 11.8.